The summed E-state index contributed by atoms with van der Waals surface area (Å²) in [6, 6.07) is -0.199. The average molecular weight is 155 g/mol. The van der Waals surface area contributed by atoms with Crippen LogP contribution < -0.4 is 5.73 Å². The molecule has 0 radical (unpaired) electrons. The third-order valence-electron chi connectivity index (χ3n) is 2.57. The van der Waals surface area contributed by atoms with Gasteiger partial charge in [-0.3, -0.25) is 4.79 Å². The fourth-order valence-electron chi connectivity index (χ4n) is 1.36. The van der Waals surface area contributed by atoms with E-state index in [-0.39, 0.29) is 11.8 Å². The number of carbonyl (C=O) groups is 1. The average Bonchev–Trinajstić information content (AvgIpc) is 1.94. The largest absolute Gasteiger partial charge is 0.322 e. The Balaban J connectivity index is 2.19. The molecule has 0 bridgehead atoms. The Morgan fingerprint density at radius 3 is 2.64 bits per heavy atom. The summed E-state index contributed by atoms with van der Waals surface area (Å²) in [5.41, 5.74) is 5.59. The number of rotatable bonds is 4. The van der Waals surface area contributed by atoms with E-state index >= 15 is 0 Å². The SMILES string of the molecule is CC[C@@H](N)C(=O)CC1CCC1. The maximum absolute atomic E-state index is 11.3. The van der Waals surface area contributed by atoms with E-state index in [2.05, 4.69) is 0 Å². The first kappa shape index (κ1) is 8.72. The molecule has 1 fully saturated rings. The lowest BCUT2D eigenvalue weighted by molar-refractivity contribution is -0.121. The molecule has 0 aromatic heterocycles. The molecule has 0 aromatic rings. The molecule has 1 aliphatic rings. The maximum atomic E-state index is 11.3. The molecule has 1 aliphatic carbocycles. The molecule has 0 amide bonds. The van der Waals surface area contributed by atoms with Crippen LogP contribution in [-0.4, -0.2) is 11.8 Å². The normalized spacial score (nSPS) is 20.9. The van der Waals surface area contributed by atoms with Crippen LogP contribution in [0.1, 0.15) is 39.0 Å². The van der Waals surface area contributed by atoms with Gasteiger partial charge in [0.2, 0.25) is 0 Å². The van der Waals surface area contributed by atoms with E-state index in [0.29, 0.717) is 5.92 Å². The zero-order valence-corrected chi connectivity index (χ0v) is 7.18. The van der Waals surface area contributed by atoms with E-state index in [1.165, 1.54) is 19.3 Å². The van der Waals surface area contributed by atoms with Crippen LogP contribution >= 0.6 is 0 Å². The van der Waals surface area contributed by atoms with Crippen molar-refractivity contribution in [2.75, 3.05) is 0 Å². The third kappa shape index (κ3) is 2.29. The molecule has 0 aromatic carbocycles. The number of carbonyl (C=O) groups excluding carboxylic acids is 1. The molecular weight excluding hydrogens is 138 g/mol. The molecule has 0 heterocycles. The first-order valence-corrected chi connectivity index (χ1v) is 4.52. The molecule has 0 unspecified atom stereocenters. The van der Waals surface area contributed by atoms with Crippen LogP contribution in [0.15, 0.2) is 0 Å². The molecule has 2 N–H and O–H groups in total. The Kier molecular flexibility index (Phi) is 3.06. The quantitative estimate of drug-likeness (QED) is 0.668. The summed E-state index contributed by atoms with van der Waals surface area (Å²) in [5.74, 6) is 0.928. The second-order valence-corrected chi connectivity index (χ2v) is 3.48. The third-order valence-corrected chi connectivity index (χ3v) is 2.57. The van der Waals surface area contributed by atoms with E-state index < -0.39 is 0 Å². The van der Waals surface area contributed by atoms with E-state index in [0.717, 1.165) is 12.8 Å². The van der Waals surface area contributed by atoms with Gasteiger partial charge in [0.1, 0.15) is 5.78 Å². The van der Waals surface area contributed by atoms with Crippen molar-refractivity contribution in [3.63, 3.8) is 0 Å². The van der Waals surface area contributed by atoms with Crippen LogP contribution in [0.3, 0.4) is 0 Å². The highest BCUT2D eigenvalue weighted by Crippen LogP contribution is 2.29. The van der Waals surface area contributed by atoms with Gasteiger partial charge >= 0.3 is 0 Å². The van der Waals surface area contributed by atoms with Crippen LogP contribution in [0.25, 0.3) is 0 Å². The molecule has 0 aliphatic heterocycles. The van der Waals surface area contributed by atoms with Gasteiger partial charge in [0.25, 0.3) is 0 Å². The molecule has 1 saturated carbocycles. The van der Waals surface area contributed by atoms with E-state index in [9.17, 15) is 4.79 Å². The second kappa shape index (κ2) is 3.86. The predicted octanol–water partition coefficient (Wildman–Crippen LogP) is 1.48. The molecule has 2 nitrogen and oxygen atoms in total. The molecule has 0 saturated heterocycles. The molecule has 0 spiro atoms. The summed E-state index contributed by atoms with van der Waals surface area (Å²) in [6.07, 6.45) is 5.30. The Hall–Kier alpha value is -0.370. The fourth-order valence-corrected chi connectivity index (χ4v) is 1.36. The first-order chi connectivity index (χ1) is 5.24. The van der Waals surface area contributed by atoms with Crippen LogP contribution in [0.2, 0.25) is 0 Å². The lowest BCUT2D eigenvalue weighted by atomic mass is 9.81. The summed E-state index contributed by atoms with van der Waals surface area (Å²) in [7, 11) is 0. The number of hydrogen-bond acceptors (Lipinski definition) is 2. The zero-order valence-electron chi connectivity index (χ0n) is 7.18. The van der Waals surface area contributed by atoms with Crippen molar-refractivity contribution in [3.8, 4) is 0 Å². The molecule has 1 atom stereocenters. The smallest absolute Gasteiger partial charge is 0.149 e. The molecular formula is C9H17NO. The molecule has 2 heteroatoms. The van der Waals surface area contributed by atoms with Gasteiger partial charge in [-0.25, -0.2) is 0 Å². The minimum atomic E-state index is -0.199. The van der Waals surface area contributed by atoms with E-state index in [1.54, 1.807) is 0 Å². The highest BCUT2D eigenvalue weighted by molar-refractivity contribution is 5.83. The number of nitrogens with two attached hydrogens (primary N) is 1. The van der Waals surface area contributed by atoms with Gasteiger partial charge in [-0.05, 0) is 12.3 Å². The Labute approximate surface area is 68.2 Å². The van der Waals surface area contributed by atoms with E-state index in [1.807, 2.05) is 6.92 Å². The number of ketones is 1. The topological polar surface area (TPSA) is 43.1 Å². The van der Waals surface area contributed by atoms with Crippen LogP contribution in [0, 0.1) is 5.92 Å². The summed E-state index contributed by atoms with van der Waals surface area (Å²) < 4.78 is 0. The minimum absolute atomic E-state index is 0.199. The van der Waals surface area contributed by atoms with Crippen molar-refractivity contribution in [3.05, 3.63) is 0 Å². The second-order valence-electron chi connectivity index (χ2n) is 3.48. The monoisotopic (exact) mass is 155 g/mol. The van der Waals surface area contributed by atoms with Crippen molar-refractivity contribution >= 4 is 5.78 Å². The van der Waals surface area contributed by atoms with Gasteiger partial charge in [0, 0.05) is 6.42 Å². The van der Waals surface area contributed by atoms with Crippen LogP contribution in [0.5, 0.6) is 0 Å². The van der Waals surface area contributed by atoms with Gasteiger partial charge < -0.3 is 5.73 Å². The molecule has 11 heavy (non-hydrogen) atoms. The summed E-state index contributed by atoms with van der Waals surface area (Å²) >= 11 is 0. The van der Waals surface area contributed by atoms with Gasteiger partial charge in [-0.15, -0.1) is 0 Å². The number of Topliss-reactive ketones (excluding diaryl/α,β-unsaturated/α-hetero) is 1. The predicted molar refractivity (Wildman–Crippen MR) is 45.2 cm³/mol. The maximum Gasteiger partial charge on any atom is 0.149 e. The first-order valence-electron chi connectivity index (χ1n) is 4.52. The molecule has 64 valence electrons. The van der Waals surface area contributed by atoms with Crippen LogP contribution in [0.4, 0.5) is 0 Å². The van der Waals surface area contributed by atoms with E-state index in [4.69, 9.17) is 5.73 Å². The number of hydrogen-bond donors (Lipinski definition) is 1. The lowest BCUT2D eigenvalue weighted by Gasteiger charge is -2.25. The Morgan fingerprint density at radius 1 is 1.64 bits per heavy atom. The van der Waals surface area contributed by atoms with Crippen molar-refractivity contribution in [2.24, 2.45) is 11.7 Å². The molecule has 1 rings (SSSR count). The summed E-state index contributed by atoms with van der Waals surface area (Å²) in [5, 5.41) is 0. The van der Waals surface area contributed by atoms with Gasteiger partial charge in [0.15, 0.2) is 0 Å². The highest BCUT2D eigenvalue weighted by atomic mass is 16.1. The van der Waals surface area contributed by atoms with Crippen molar-refractivity contribution in [1.29, 1.82) is 0 Å². The van der Waals surface area contributed by atoms with Crippen molar-refractivity contribution in [2.45, 2.75) is 45.1 Å². The fraction of sp³-hybridized carbons (Fsp3) is 0.889. The van der Waals surface area contributed by atoms with Gasteiger partial charge in [-0.2, -0.15) is 0 Å². The van der Waals surface area contributed by atoms with Crippen LogP contribution in [-0.2, 0) is 4.79 Å². The Morgan fingerprint density at radius 2 is 2.27 bits per heavy atom. The standard InChI is InChI=1S/C9H17NO/c1-2-8(10)9(11)6-7-4-3-5-7/h7-8H,2-6,10H2,1H3/t8-/m1/s1. The Bertz CT molecular complexity index is 140. The van der Waals surface area contributed by atoms with Gasteiger partial charge in [-0.1, -0.05) is 26.2 Å². The highest BCUT2D eigenvalue weighted by Gasteiger charge is 2.22. The van der Waals surface area contributed by atoms with Crippen molar-refractivity contribution in [1.82, 2.24) is 0 Å². The summed E-state index contributed by atoms with van der Waals surface area (Å²) in [4.78, 5) is 11.3. The van der Waals surface area contributed by atoms with Gasteiger partial charge in [0.05, 0.1) is 6.04 Å². The lowest BCUT2D eigenvalue weighted by Crippen LogP contribution is -2.32. The zero-order chi connectivity index (χ0) is 8.27. The van der Waals surface area contributed by atoms with Crippen molar-refractivity contribution < 1.29 is 4.79 Å². The summed E-state index contributed by atoms with van der Waals surface area (Å²) in [6.45, 7) is 1.96. The minimum Gasteiger partial charge on any atom is -0.322 e.